The SMILES string of the molecule is O=C(O)C(c1ccccc1)N1C(=O)/C(=C\c2ccccc2OCc2ccccc2Cl)SC1=S. The number of carbonyl (C=O) groups excluding carboxylic acids is 1. The molecule has 1 N–H and O–H groups in total. The van der Waals surface area contributed by atoms with Gasteiger partial charge < -0.3 is 9.84 Å². The number of para-hydroxylation sites is 1. The first kappa shape index (κ1) is 23.0. The fraction of sp³-hybridized carbons (Fsp3) is 0.0800. The summed E-state index contributed by atoms with van der Waals surface area (Å²) in [4.78, 5) is 26.7. The van der Waals surface area contributed by atoms with Crippen molar-refractivity contribution in [3.8, 4) is 5.75 Å². The fourth-order valence-corrected chi connectivity index (χ4v) is 4.88. The Morgan fingerprint density at radius 3 is 2.45 bits per heavy atom. The Morgan fingerprint density at radius 1 is 1.06 bits per heavy atom. The molecular weight excluding hydrogens is 478 g/mol. The summed E-state index contributed by atoms with van der Waals surface area (Å²) < 4.78 is 6.16. The molecule has 1 fully saturated rings. The molecule has 1 amide bonds. The molecule has 0 saturated carbocycles. The summed E-state index contributed by atoms with van der Waals surface area (Å²) in [6.07, 6.45) is 1.67. The Kier molecular flexibility index (Phi) is 7.13. The molecule has 0 bridgehead atoms. The van der Waals surface area contributed by atoms with Crippen LogP contribution in [0, 0.1) is 0 Å². The number of halogens is 1. The molecule has 166 valence electrons. The summed E-state index contributed by atoms with van der Waals surface area (Å²) in [5, 5.41) is 10.4. The molecule has 1 atom stereocenters. The van der Waals surface area contributed by atoms with Crippen LogP contribution in [0.3, 0.4) is 0 Å². The Bertz CT molecular complexity index is 1250. The smallest absolute Gasteiger partial charge is 0.331 e. The van der Waals surface area contributed by atoms with Gasteiger partial charge in [0.15, 0.2) is 6.04 Å². The third-order valence-corrected chi connectivity index (χ3v) is 6.68. The van der Waals surface area contributed by atoms with Crippen LogP contribution in [0.15, 0.2) is 83.8 Å². The Labute approximate surface area is 205 Å². The van der Waals surface area contributed by atoms with E-state index in [-0.39, 0.29) is 10.9 Å². The van der Waals surface area contributed by atoms with Gasteiger partial charge in [-0.1, -0.05) is 102 Å². The van der Waals surface area contributed by atoms with Crippen LogP contribution in [0.5, 0.6) is 5.75 Å². The lowest BCUT2D eigenvalue weighted by Gasteiger charge is -2.23. The van der Waals surface area contributed by atoms with Crippen LogP contribution in [-0.4, -0.2) is 26.2 Å². The van der Waals surface area contributed by atoms with E-state index in [2.05, 4.69) is 0 Å². The molecule has 0 radical (unpaired) electrons. The average molecular weight is 496 g/mol. The van der Waals surface area contributed by atoms with Crippen LogP contribution in [0.2, 0.25) is 5.02 Å². The second-order valence-electron chi connectivity index (χ2n) is 7.12. The van der Waals surface area contributed by atoms with Gasteiger partial charge >= 0.3 is 5.97 Å². The van der Waals surface area contributed by atoms with E-state index in [1.165, 1.54) is 0 Å². The van der Waals surface area contributed by atoms with E-state index in [0.29, 0.717) is 26.8 Å². The molecule has 33 heavy (non-hydrogen) atoms. The molecule has 4 rings (SSSR count). The second-order valence-corrected chi connectivity index (χ2v) is 9.20. The van der Waals surface area contributed by atoms with Gasteiger partial charge in [0.05, 0.1) is 4.91 Å². The number of ether oxygens (including phenoxy) is 1. The van der Waals surface area contributed by atoms with Gasteiger partial charge in [0.2, 0.25) is 0 Å². The minimum Gasteiger partial charge on any atom is -0.488 e. The standard InChI is InChI=1S/C25H18ClNO4S2/c26-19-12-6-4-11-18(19)15-31-20-13-7-5-10-17(20)14-21-23(28)27(25(32)33-21)22(24(29)30)16-8-2-1-3-9-16/h1-14,22H,15H2,(H,29,30)/b21-14+. The van der Waals surface area contributed by atoms with Gasteiger partial charge in [-0.15, -0.1) is 0 Å². The third kappa shape index (κ3) is 5.11. The molecular formula is C25H18ClNO4S2. The van der Waals surface area contributed by atoms with Crippen molar-refractivity contribution in [2.24, 2.45) is 0 Å². The van der Waals surface area contributed by atoms with Crippen molar-refractivity contribution in [3.05, 3.63) is 105 Å². The van der Waals surface area contributed by atoms with Crippen molar-refractivity contribution in [2.75, 3.05) is 0 Å². The fourth-order valence-electron chi connectivity index (χ4n) is 3.38. The molecule has 3 aromatic rings. The molecule has 3 aromatic carbocycles. The summed E-state index contributed by atoms with van der Waals surface area (Å²) in [6, 6.07) is 22.1. The van der Waals surface area contributed by atoms with Crippen molar-refractivity contribution in [2.45, 2.75) is 12.6 Å². The zero-order chi connectivity index (χ0) is 23.4. The Balaban J connectivity index is 1.60. The number of carbonyl (C=O) groups is 2. The number of benzene rings is 3. The van der Waals surface area contributed by atoms with E-state index in [4.69, 9.17) is 28.6 Å². The number of thiocarbonyl (C=S) groups is 1. The number of aliphatic carboxylic acids is 1. The Hall–Kier alpha value is -3.13. The zero-order valence-electron chi connectivity index (χ0n) is 17.2. The van der Waals surface area contributed by atoms with E-state index in [1.54, 1.807) is 48.5 Å². The topological polar surface area (TPSA) is 66.8 Å². The van der Waals surface area contributed by atoms with E-state index in [9.17, 15) is 14.7 Å². The normalized spacial score (nSPS) is 15.7. The highest BCUT2D eigenvalue weighted by atomic mass is 35.5. The highest BCUT2D eigenvalue weighted by Gasteiger charge is 2.41. The van der Waals surface area contributed by atoms with Crippen LogP contribution in [0.4, 0.5) is 0 Å². The summed E-state index contributed by atoms with van der Waals surface area (Å²) in [5.41, 5.74) is 2.00. The maximum absolute atomic E-state index is 13.2. The van der Waals surface area contributed by atoms with Crippen LogP contribution >= 0.6 is 35.6 Å². The van der Waals surface area contributed by atoms with Crippen molar-refractivity contribution in [1.29, 1.82) is 0 Å². The molecule has 1 saturated heterocycles. The van der Waals surface area contributed by atoms with E-state index < -0.39 is 17.9 Å². The van der Waals surface area contributed by atoms with E-state index in [1.807, 2.05) is 36.4 Å². The van der Waals surface area contributed by atoms with E-state index in [0.717, 1.165) is 22.2 Å². The van der Waals surface area contributed by atoms with E-state index >= 15 is 0 Å². The highest BCUT2D eigenvalue weighted by molar-refractivity contribution is 8.26. The van der Waals surface area contributed by atoms with Crippen molar-refractivity contribution in [1.82, 2.24) is 4.90 Å². The molecule has 0 aromatic heterocycles. The lowest BCUT2D eigenvalue weighted by Crippen LogP contribution is -2.37. The summed E-state index contributed by atoms with van der Waals surface area (Å²) in [5.74, 6) is -1.04. The molecule has 1 aliphatic heterocycles. The summed E-state index contributed by atoms with van der Waals surface area (Å²) >= 11 is 12.7. The molecule has 1 aliphatic rings. The summed E-state index contributed by atoms with van der Waals surface area (Å²) in [7, 11) is 0. The second kappa shape index (κ2) is 10.2. The number of amides is 1. The monoisotopic (exact) mass is 495 g/mol. The number of hydrogen-bond acceptors (Lipinski definition) is 5. The maximum Gasteiger partial charge on any atom is 0.331 e. The van der Waals surface area contributed by atoms with Gasteiger partial charge in [-0.25, -0.2) is 4.79 Å². The number of hydrogen-bond donors (Lipinski definition) is 1. The largest absolute Gasteiger partial charge is 0.488 e. The average Bonchev–Trinajstić information content (AvgIpc) is 3.08. The number of nitrogens with zero attached hydrogens (tertiary/aromatic N) is 1. The number of rotatable bonds is 7. The predicted octanol–water partition coefficient (Wildman–Crippen LogP) is 5.95. The van der Waals surface area contributed by atoms with Crippen LogP contribution in [0.1, 0.15) is 22.7 Å². The quantitative estimate of drug-likeness (QED) is 0.323. The predicted molar refractivity (Wildman–Crippen MR) is 134 cm³/mol. The molecule has 0 spiro atoms. The van der Waals surface area contributed by atoms with Gasteiger partial charge in [-0.05, 0) is 23.8 Å². The first-order chi connectivity index (χ1) is 16.0. The first-order valence-electron chi connectivity index (χ1n) is 9.96. The zero-order valence-corrected chi connectivity index (χ0v) is 19.6. The minimum absolute atomic E-state index is 0.192. The summed E-state index contributed by atoms with van der Waals surface area (Å²) in [6.45, 7) is 0.264. The van der Waals surface area contributed by atoms with Crippen LogP contribution in [-0.2, 0) is 16.2 Å². The van der Waals surface area contributed by atoms with Crippen molar-refractivity contribution in [3.63, 3.8) is 0 Å². The van der Waals surface area contributed by atoms with Crippen molar-refractivity contribution >= 4 is 57.9 Å². The molecule has 0 aliphatic carbocycles. The molecule has 8 heteroatoms. The van der Waals surface area contributed by atoms with Crippen molar-refractivity contribution < 1.29 is 19.4 Å². The Morgan fingerprint density at radius 2 is 1.73 bits per heavy atom. The van der Waals surface area contributed by atoms with Crippen LogP contribution in [0.25, 0.3) is 6.08 Å². The lowest BCUT2D eigenvalue weighted by molar-refractivity contribution is -0.145. The molecule has 5 nitrogen and oxygen atoms in total. The van der Waals surface area contributed by atoms with Gasteiger partial charge in [-0.3, -0.25) is 9.69 Å². The number of thioether (sulfide) groups is 1. The number of carboxylic acid groups (broad SMARTS) is 1. The molecule has 1 heterocycles. The van der Waals surface area contributed by atoms with Gasteiger partial charge in [0.25, 0.3) is 5.91 Å². The lowest BCUT2D eigenvalue weighted by atomic mass is 10.1. The minimum atomic E-state index is -1.20. The highest BCUT2D eigenvalue weighted by Crippen LogP contribution is 2.39. The first-order valence-corrected chi connectivity index (χ1v) is 11.6. The van der Waals surface area contributed by atoms with Crippen LogP contribution < -0.4 is 4.74 Å². The van der Waals surface area contributed by atoms with Gasteiger partial charge in [0.1, 0.15) is 16.7 Å². The number of carboxylic acids is 1. The molecule has 1 unspecified atom stereocenters. The third-order valence-electron chi connectivity index (χ3n) is 4.98. The van der Waals surface area contributed by atoms with Gasteiger partial charge in [-0.2, -0.15) is 0 Å². The van der Waals surface area contributed by atoms with Gasteiger partial charge in [0, 0.05) is 16.1 Å². The maximum atomic E-state index is 13.2.